The van der Waals surface area contributed by atoms with Crippen molar-refractivity contribution >= 4 is 46.3 Å². The van der Waals surface area contributed by atoms with E-state index in [1.165, 1.54) is 31.3 Å². The molecule has 268 valence electrons. The van der Waals surface area contributed by atoms with Crippen LogP contribution in [0.25, 0.3) is 0 Å². The zero-order chi connectivity index (χ0) is 36.6. The van der Waals surface area contributed by atoms with Crippen molar-refractivity contribution in [2.24, 2.45) is 5.41 Å². The van der Waals surface area contributed by atoms with E-state index in [1.54, 1.807) is 63.2 Å². The molecular formula is C36H44N4O9S. The summed E-state index contributed by atoms with van der Waals surface area (Å²) in [7, 11) is 2.65. The Labute approximate surface area is 295 Å². The number of ketones is 1. The molecule has 2 N–H and O–H groups in total. The zero-order valence-corrected chi connectivity index (χ0v) is 30.1. The molecule has 1 aliphatic heterocycles. The van der Waals surface area contributed by atoms with E-state index in [0.717, 1.165) is 24.0 Å². The summed E-state index contributed by atoms with van der Waals surface area (Å²) in [4.78, 5) is 57.2. The Morgan fingerprint density at radius 2 is 1.66 bits per heavy atom. The fraction of sp³-hybridized carbons (Fsp3) is 0.389. The maximum atomic E-state index is 14.0. The number of imide groups is 1. The van der Waals surface area contributed by atoms with Gasteiger partial charge in [0, 0.05) is 12.5 Å². The minimum atomic E-state index is -2.10. The number of aryl methyl sites for hydroxylation is 1. The van der Waals surface area contributed by atoms with Gasteiger partial charge < -0.3 is 23.7 Å². The summed E-state index contributed by atoms with van der Waals surface area (Å²) >= 11 is -2.10. The number of carbonyl (C=O) groups excluding carboxylic acids is 4. The number of hydrogen-bond acceptors (Lipinski definition) is 9. The molecule has 3 unspecified atom stereocenters. The van der Waals surface area contributed by atoms with Gasteiger partial charge in [0.1, 0.15) is 5.75 Å². The molecule has 0 bridgehead atoms. The molecular weight excluding hydrogens is 664 g/mol. The second-order valence-corrected chi connectivity index (χ2v) is 13.5. The second kappa shape index (κ2) is 16.6. The molecule has 50 heavy (non-hydrogen) atoms. The molecule has 0 saturated carbocycles. The van der Waals surface area contributed by atoms with Gasteiger partial charge in [-0.3, -0.25) is 24.0 Å². The van der Waals surface area contributed by atoms with Crippen LogP contribution >= 0.6 is 0 Å². The van der Waals surface area contributed by atoms with Gasteiger partial charge in [-0.15, -0.1) is 0 Å². The van der Waals surface area contributed by atoms with Crippen LogP contribution in [0.3, 0.4) is 0 Å². The fourth-order valence-corrected chi connectivity index (χ4v) is 5.79. The third kappa shape index (κ3) is 8.98. The van der Waals surface area contributed by atoms with Gasteiger partial charge in [-0.25, -0.2) is 9.69 Å². The van der Waals surface area contributed by atoms with E-state index in [-0.39, 0.29) is 29.4 Å². The molecule has 3 aromatic rings. The Morgan fingerprint density at radius 1 is 0.960 bits per heavy atom. The first kappa shape index (κ1) is 37.9. The summed E-state index contributed by atoms with van der Waals surface area (Å²) in [5.74, 6) is -1.55. The van der Waals surface area contributed by atoms with Gasteiger partial charge in [0.05, 0.1) is 31.6 Å². The van der Waals surface area contributed by atoms with Gasteiger partial charge in [-0.05, 0) is 54.8 Å². The molecule has 0 radical (unpaired) electrons. The summed E-state index contributed by atoms with van der Waals surface area (Å²) in [6.07, 6.45) is 0.437. The number of nitrogens with one attached hydrogen (secondary N) is 2. The van der Waals surface area contributed by atoms with Gasteiger partial charge in [-0.1, -0.05) is 70.5 Å². The van der Waals surface area contributed by atoms with Crippen LogP contribution < -0.4 is 23.7 Å². The molecule has 1 saturated heterocycles. The Bertz CT molecular complexity index is 1730. The SMILES string of the molecule is CCCCOc1ccc(C)cc1OS(=O)Nc1ccc(OC)c(NC(=O)C(C(=O)C(C)(C)C)N2C(=O)C(OC)N(Cc3ccccc3)C2=O)c1. The van der Waals surface area contributed by atoms with E-state index >= 15 is 0 Å². The molecule has 4 rings (SSSR count). The lowest BCUT2D eigenvalue weighted by Crippen LogP contribution is -2.55. The lowest BCUT2D eigenvalue weighted by atomic mass is 9.85. The third-order valence-corrected chi connectivity index (χ3v) is 8.51. The number of methoxy groups -OCH3 is 2. The standard InChI is InChI=1S/C36H44N4O9S/c1-8-9-19-48-28-17-15-23(2)20-29(28)49-50(45)38-25-16-18-27(46-6)26(21-25)37-32(42)30(31(41)36(3,4)5)40-33(43)34(47-7)39(35(40)44)22-24-13-11-10-12-14-24/h10-18,20-21,30,34,38H,8-9,19,22H2,1-7H3,(H,37,42). The third-order valence-electron chi connectivity index (χ3n) is 7.78. The molecule has 0 aromatic heterocycles. The van der Waals surface area contributed by atoms with Gasteiger partial charge in [0.2, 0.25) is 6.23 Å². The Balaban J connectivity index is 1.60. The van der Waals surface area contributed by atoms with E-state index < -0.39 is 52.6 Å². The monoisotopic (exact) mass is 708 g/mol. The van der Waals surface area contributed by atoms with Crippen LogP contribution in [0.4, 0.5) is 16.2 Å². The number of benzene rings is 3. The first-order valence-electron chi connectivity index (χ1n) is 16.1. The number of rotatable bonds is 16. The summed E-state index contributed by atoms with van der Waals surface area (Å²) in [5, 5.41) is 2.65. The van der Waals surface area contributed by atoms with Crippen molar-refractivity contribution in [2.75, 3.05) is 30.9 Å². The minimum absolute atomic E-state index is 0.00806. The molecule has 3 atom stereocenters. The molecule has 0 aliphatic carbocycles. The van der Waals surface area contributed by atoms with Crippen molar-refractivity contribution in [3.8, 4) is 17.2 Å². The van der Waals surface area contributed by atoms with Crippen molar-refractivity contribution in [1.82, 2.24) is 9.80 Å². The van der Waals surface area contributed by atoms with Gasteiger partial charge in [-0.2, -0.15) is 4.21 Å². The molecule has 3 aromatic carbocycles. The first-order valence-corrected chi connectivity index (χ1v) is 17.2. The normalized spacial score (nSPS) is 15.8. The Morgan fingerprint density at radius 3 is 2.30 bits per heavy atom. The number of urea groups is 1. The highest BCUT2D eigenvalue weighted by atomic mass is 32.2. The first-order chi connectivity index (χ1) is 23.8. The van der Waals surface area contributed by atoms with Crippen LogP contribution in [0.15, 0.2) is 66.7 Å². The molecule has 1 heterocycles. The maximum Gasteiger partial charge on any atom is 0.330 e. The van der Waals surface area contributed by atoms with Crippen molar-refractivity contribution < 1.29 is 41.8 Å². The summed E-state index contributed by atoms with van der Waals surface area (Å²) in [5.41, 5.74) is 0.812. The number of amides is 4. The Hall–Kier alpha value is -4.95. The van der Waals surface area contributed by atoms with Gasteiger partial charge >= 0.3 is 17.3 Å². The van der Waals surface area contributed by atoms with Crippen molar-refractivity contribution in [2.45, 2.75) is 66.3 Å². The topological polar surface area (TPSA) is 153 Å². The molecule has 1 fully saturated rings. The number of Topliss-reactive ketones (excluding diaryl/α,β-unsaturated/α-hetero) is 1. The molecule has 0 spiro atoms. The van der Waals surface area contributed by atoms with Gasteiger partial charge in [0.15, 0.2) is 23.3 Å². The number of ether oxygens (including phenoxy) is 3. The molecule has 14 heteroatoms. The van der Waals surface area contributed by atoms with Crippen molar-refractivity contribution in [3.05, 3.63) is 77.9 Å². The van der Waals surface area contributed by atoms with E-state index in [1.807, 2.05) is 26.0 Å². The lowest BCUT2D eigenvalue weighted by Gasteiger charge is -2.29. The highest BCUT2D eigenvalue weighted by Gasteiger charge is 2.54. The minimum Gasteiger partial charge on any atom is -0.495 e. The van der Waals surface area contributed by atoms with E-state index in [2.05, 4.69) is 10.0 Å². The van der Waals surface area contributed by atoms with Crippen LogP contribution in [0.5, 0.6) is 17.2 Å². The summed E-state index contributed by atoms with van der Waals surface area (Å²) < 4.78 is 38.2. The lowest BCUT2D eigenvalue weighted by molar-refractivity contribution is -0.148. The average molecular weight is 709 g/mol. The zero-order valence-electron chi connectivity index (χ0n) is 29.3. The largest absolute Gasteiger partial charge is 0.495 e. The predicted octanol–water partition coefficient (Wildman–Crippen LogP) is 5.61. The number of unbranched alkanes of at least 4 members (excludes halogenated alkanes) is 1. The highest BCUT2D eigenvalue weighted by molar-refractivity contribution is 7.82. The Kier molecular flexibility index (Phi) is 12.6. The average Bonchev–Trinajstić information content (AvgIpc) is 3.29. The molecule has 1 aliphatic rings. The summed E-state index contributed by atoms with van der Waals surface area (Å²) in [6, 6.07) is 16.1. The predicted molar refractivity (Wildman–Crippen MR) is 189 cm³/mol. The van der Waals surface area contributed by atoms with Gasteiger partial charge in [0.25, 0.3) is 11.8 Å². The number of nitrogens with zero attached hydrogens (tertiary/aromatic N) is 2. The van der Waals surface area contributed by atoms with Crippen molar-refractivity contribution in [1.29, 1.82) is 0 Å². The summed E-state index contributed by atoms with van der Waals surface area (Å²) in [6.45, 7) is 9.16. The highest BCUT2D eigenvalue weighted by Crippen LogP contribution is 2.33. The van der Waals surface area contributed by atoms with Crippen LogP contribution in [0, 0.1) is 12.3 Å². The maximum absolute atomic E-state index is 14.0. The van der Waals surface area contributed by atoms with E-state index in [4.69, 9.17) is 18.4 Å². The quantitative estimate of drug-likeness (QED) is 0.110. The number of carbonyl (C=O) groups is 4. The fourth-order valence-electron chi connectivity index (χ4n) is 5.14. The number of hydrogen-bond donors (Lipinski definition) is 2. The van der Waals surface area contributed by atoms with E-state index in [0.29, 0.717) is 17.3 Å². The van der Waals surface area contributed by atoms with Crippen LogP contribution in [0.1, 0.15) is 51.7 Å². The smallest absolute Gasteiger partial charge is 0.330 e. The van der Waals surface area contributed by atoms with Crippen LogP contribution in [0.2, 0.25) is 0 Å². The second-order valence-electron chi connectivity index (χ2n) is 12.7. The van der Waals surface area contributed by atoms with Crippen molar-refractivity contribution in [3.63, 3.8) is 0 Å². The van der Waals surface area contributed by atoms with Crippen LogP contribution in [-0.4, -0.2) is 70.7 Å². The van der Waals surface area contributed by atoms with Crippen LogP contribution in [-0.2, 0) is 36.9 Å². The molecule has 13 nitrogen and oxygen atoms in total. The number of anilines is 2. The van der Waals surface area contributed by atoms with E-state index in [9.17, 15) is 23.4 Å². The molecule has 4 amide bonds.